The zero-order valence-corrected chi connectivity index (χ0v) is 10.5. The van der Waals surface area contributed by atoms with Crippen LogP contribution in [0.3, 0.4) is 0 Å². The maximum Gasteiger partial charge on any atom is 0.260 e. The van der Waals surface area contributed by atoms with Crippen LogP contribution in [0.25, 0.3) is 11.0 Å². The third kappa shape index (κ3) is 3.46. The molecule has 0 aliphatic heterocycles. The van der Waals surface area contributed by atoms with Crippen molar-refractivity contribution < 1.29 is 0 Å². The van der Waals surface area contributed by atoms with Gasteiger partial charge in [0, 0.05) is 6.20 Å². The van der Waals surface area contributed by atoms with Crippen LogP contribution in [-0.2, 0) is 0 Å². The molecule has 2 aromatic heterocycles. The molecule has 0 saturated carbocycles. The van der Waals surface area contributed by atoms with Crippen LogP contribution in [0.2, 0.25) is 0 Å². The normalized spacial score (nSPS) is 8.56. The van der Waals surface area contributed by atoms with Crippen LogP contribution in [-0.4, -0.2) is 15.0 Å². The van der Waals surface area contributed by atoms with E-state index in [1.54, 1.807) is 25.3 Å². The molecule has 4 heteroatoms. The molecule has 0 saturated heterocycles. The number of fused-ring (bicyclic) bond motifs is 1. The Morgan fingerprint density at radius 2 is 1.81 bits per heavy atom. The summed E-state index contributed by atoms with van der Waals surface area (Å²) >= 11 is 0. The monoisotopic (exact) mass is 221 g/mol. The van der Waals surface area contributed by atoms with Gasteiger partial charge in [-0.1, -0.05) is 27.7 Å². The summed E-state index contributed by atoms with van der Waals surface area (Å²) in [5.74, 6) is 0.589. The molecular weight excluding hydrogens is 202 g/mol. The summed E-state index contributed by atoms with van der Waals surface area (Å²) in [4.78, 5) is 21.9. The number of aromatic amines is 1. The predicted octanol–water partition coefficient (Wildman–Crippen LogP) is 2.68. The molecule has 0 radical (unpaired) electrons. The highest BCUT2D eigenvalue weighted by Crippen LogP contribution is 2.00. The maximum absolute atomic E-state index is 11.3. The number of hydrogen-bond donors (Lipinski definition) is 1. The van der Waals surface area contributed by atoms with Crippen LogP contribution in [0.15, 0.2) is 23.1 Å². The van der Waals surface area contributed by atoms with Crippen molar-refractivity contribution in [1.82, 2.24) is 15.0 Å². The molecule has 0 spiro atoms. The highest BCUT2D eigenvalue weighted by Gasteiger charge is 1.99. The second kappa shape index (κ2) is 7.56. The van der Waals surface area contributed by atoms with Gasteiger partial charge in [-0.3, -0.25) is 4.79 Å². The molecule has 0 aromatic carbocycles. The molecule has 16 heavy (non-hydrogen) atoms. The van der Waals surface area contributed by atoms with E-state index >= 15 is 0 Å². The molecule has 0 aliphatic carbocycles. The van der Waals surface area contributed by atoms with E-state index in [1.807, 2.05) is 27.7 Å². The highest BCUT2D eigenvalue weighted by atomic mass is 16.1. The number of pyridine rings is 1. The second-order valence-electron chi connectivity index (χ2n) is 2.53. The topological polar surface area (TPSA) is 58.6 Å². The van der Waals surface area contributed by atoms with Gasteiger partial charge in [-0.05, 0) is 19.1 Å². The first kappa shape index (κ1) is 14.3. The predicted molar refractivity (Wildman–Crippen MR) is 67.6 cm³/mol. The van der Waals surface area contributed by atoms with E-state index in [1.165, 1.54) is 0 Å². The lowest BCUT2D eigenvalue weighted by atomic mass is 10.3. The summed E-state index contributed by atoms with van der Waals surface area (Å²) < 4.78 is 0. The van der Waals surface area contributed by atoms with Crippen molar-refractivity contribution in [1.29, 1.82) is 0 Å². The Balaban J connectivity index is 0.000000509. The zero-order chi connectivity index (χ0) is 12.6. The average Bonchev–Trinajstić information content (AvgIpc) is 2.34. The van der Waals surface area contributed by atoms with Crippen molar-refractivity contribution in [3.63, 3.8) is 0 Å². The lowest BCUT2D eigenvalue weighted by Gasteiger charge is -1.95. The van der Waals surface area contributed by atoms with Crippen LogP contribution < -0.4 is 5.56 Å². The van der Waals surface area contributed by atoms with Crippen LogP contribution >= 0.6 is 0 Å². The number of aryl methyl sites for hydroxylation is 1. The minimum Gasteiger partial charge on any atom is -0.310 e. The van der Waals surface area contributed by atoms with Crippen LogP contribution in [0.1, 0.15) is 33.5 Å². The SMILES string of the molecule is CC.CC.Cc1nc2ncccc2c(=O)[nH]1. The van der Waals surface area contributed by atoms with E-state index in [2.05, 4.69) is 15.0 Å². The molecule has 0 bridgehead atoms. The Morgan fingerprint density at radius 3 is 2.44 bits per heavy atom. The summed E-state index contributed by atoms with van der Waals surface area (Å²) in [6.45, 7) is 9.73. The minimum absolute atomic E-state index is 0.134. The molecule has 1 N–H and O–H groups in total. The Morgan fingerprint density at radius 1 is 1.19 bits per heavy atom. The maximum atomic E-state index is 11.3. The van der Waals surface area contributed by atoms with E-state index in [0.717, 1.165) is 0 Å². The van der Waals surface area contributed by atoms with Gasteiger partial charge in [0.1, 0.15) is 5.82 Å². The fourth-order valence-corrected chi connectivity index (χ4v) is 1.08. The van der Waals surface area contributed by atoms with Crippen molar-refractivity contribution in [3.8, 4) is 0 Å². The van der Waals surface area contributed by atoms with E-state index in [4.69, 9.17) is 0 Å². The minimum atomic E-state index is -0.134. The van der Waals surface area contributed by atoms with Crippen molar-refractivity contribution in [3.05, 3.63) is 34.5 Å². The van der Waals surface area contributed by atoms with E-state index in [9.17, 15) is 4.79 Å². The Hall–Kier alpha value is -1.71. The van der Waals surface area contributed by atoms with Crippen LogP contribution in [0.4, 0.5) is 0 Å². The van der Waals surface area contributed by atoms with Gasteiger partial charge in [-0.2, -0.15) is 0 Å². The third-order valence-corrected chi connectivity index (χ3v) is 1.60. The summed E-state index contributed by atoms with van der Waals surface area (Å²) in [5.41, 5.74) is 0.365. The molecular formula is C12H19N3O. The number of nitrogens with zero attached hydrogens (tertiary/aromatic N) is 2. The van der Waals surface area contributed by atoms with Gasteiger partial charge in [0.2, 0.25) is 0 Å². The Bertz CT molecular complexity index is 477. The van der Waals surface area contributed by atoms with Gasteiger partial charge in [-0.25, -0.2) is 9.97 Å². The molecule has 2 rings (SSSR count). The summed E-state index contributed by atoms with van der Waals surface area (Å²) in [7, 11) is 0. The van der Waals surface area contributed by atoms with Crippen LogP contribution in [0.5, 0.6) is 0 Å². The first-order chi connectivity index (χ1) is 7.77. The smallest absolute Gasteiger partial charge is 0.260 e. The van der Waals surface area contributed by atoms with Gasteiger partial charge < -0.3 is 4.98 Å². The number of hydrogen-bond acceptors (Lipinski definition) is 3. The molecule has 2 aromatic rings. The molecule has 0 aliphatic rings. The van der Waals surface area contributed by atoms with E-state index < -0.39 is 0 Å². The van der Waals surface area contributed by atoms with Gasteiger partial charge in [0.15, 0.2) is 5.65 Å². The fraction of sp³-hybridized carbons (Fsp3) is 0.417. The Labute approximate surface area is 95.8 Å². The van der Waals surface area contributed by atoms with Gasteiger partial charge in [0.05, 0.1) is 5.39 Å². The van der Waals surface area contributed by atoms with Crippen molar-refractivity contribution in [2.45, 2.75) is 34.6 Å². The first-order valence-electron chi connectivity index (χ1n) is 5.59. The summed E-state index contributed by atoms with van der Waals surface area (Å²) in [6, 6.07) is 3.42. The lowest BCUT2D eigenvalue weighted by Crippen LogP contribution is -2.09. The summed E-state index contributed by atoms with van der Waals surface area (Å²) in [5, 5.41) is 0.531. The third-order valence-electron chi connectivity index (χ3n) is 1.60. The Kier molecular flexibility index (Phi) is 6.76. The molecule has 0 amide bonds. The van der Waals surface area contributed by atoms with Crippen molar-refractivity contribution >= 4 is 11.0 Å². The largest absolute Gasteiger partial charge is 0.310 e. The second-order valence-corrected chi connectivity index (χ2v) is 2.53. The van der Waals surface area contributed by atoms with Crippen molar-refractivity contribution in [2.75, 3.05) is 0 Å². The van der Waals surface area contributed by atoms with Gasteiger partial charge in [-0.15, -0.1) is 0 Å². The number of nitrogens with one attached hydrogen (secondary N) is 1. The molecule has 0 unspecified atom stereocenters. The number of rotatable bonds is 0. The molecule has 4 nitrogen and oxygen atoms in total. The molecule has 88 valence electrons. The van der Waals surface area contributed by atoms with Crippen LogP contribution in [0, 0.1) is 6.92 Å². The van der Waals surface area contributed by atoms with E-state index in [-0.39, 0.29) is 5.56 Å². The first-order valence-corrected chi connectivity index (χ1v) is 5.59. The van der Waals surface area contributed by atoms with Gasteiger partial charge in [0.25, 0.3) is 5.56 Å². The highest BCUT2D eigenvalue weighted by molar-refractivity contribution is 5.72. The lowest BCUT2D eigenvalue weighted by molar-refractivity contribution is 1.04. The average molecular weight is 221 g/mol. The van der Waals surface area contributed by atoms with Crippen molar-refractivity contribution in [2.24, 2.45) is 0 Å². The number of aromatic nitrogens is 3. The standard InChI is InChI=1S/C8H7N3O.2C2H6/c1-5-10-7-6(8(12)11-5)3-2-4-9-7;2*1-2/h2-4H,1H3,(H,9,10,11,12);2*1-2H3. The molecule has 2 heterocycles. The number of H-pyrrole nitrogens is 1. The molecule has 0 fully saturated rings. The molecule has 0 atom stereocenters. The van der Waals surface area contributed by atoms with Gasteiger partial charge >= 0.3 is 0 Å². The summed E-state index contributed by atoms with van der Waals surface area (Å²) in [6.07, 6.45) is 1.62. The fourth-order valence-electron chi connectivity index (χ4n) is 1.08. The van der Waals surface area contributed by atoms with E-state index in [0.29, 0.717) is 16.9 Å². The zero-order valence-electron chi connectivity index (χ0n) is 10.5. The quantitative estimate of drug-likeness (QED) is 0.744.